The smallest absolute Gasteiger partial charge is 0.336 e. The number of ether oxygens (including phenoxy) is 1. The Kier molecular flexibility index (Phi) is 9.50. The van der Waals surface area contributed by atoms with Crippen LogP contribution >= 0.6 is 11.6 Å². The Bertz CT molecular complexity index is 2820. The average molecular weight is 784 g/mol. The number of hydrogen-bond acceptors (Lipinski definition) is 8. The molecule has 1 fully saturated rings. The molecule has 1 saturated heterocycles. The summed E-state index contributed by atoms with van der Waals surface area (Å²) in [5.74, 6) is -1.30. The summed E-state index contributed by atoms with van der Waals surface area (Å²) < 4.78 is 13.0. The van der Waals surface area contributed by atoms with Crippen molar-refractivity contribution >= 4 is 57.2 Å². The minimum atomic E-state index is -1.22. The molecular weight excluding hydrogens is 750 g/mol. The molecular formula is C44H34ClN3O9. The van der Waals surface area contributed by atoms with Gasteiger partial charge in [0, 0.05) is 82.1 Å². The van der Waals surface area contributed by atoms with Gasteiger partial charge >= 0.3 is 5.97 Å². The fraction of sp³-hybridized carbons (Fsp3) is 0.159. The van der Waals surface area contributed by atoms with Gasteiger partial charge in [-0.25, -0.2) is 4.79 Å². The number of carboxylic acid groups (broad SMARTS) is 1. The summed E-state index contributed by atoms with van der Waals surface area (Å²) in [6.45, 7) is 2.78. The molecule has 3 aliphatic rings. The number of carboxylic acids is 1. The molecule has 2 amide bonds. The molecule has 13 heteroatoms. The van der Waals surface area contributed by atoms with Crippen molar-refractivity contribution in [1.29, 1.82) is 0 Å². The van der Waals surface area contributed by atoms with Crippen molar-refractivity contribution in [1.82, 2.24) is 14.4 Å². The van der Waals surface area contributed by atoms with Crippen LogP contribution in [-0.4, -0.2) is 81.6 Å². The van der Waals surface area contributed by atoms with Crippen molar-refractivity contribution in [3.05, 3.63) is 140 Å². The van der Waals surface area contributed by atoms with E-state index in [1.807, 2.05) is 13.0 Å². The number of phenols is 1. The first-order chi connectivity index (χ1) is 27.4. The number of piperazine rings is 1. The van der Waals surface area contributed by atoms with Gasteiger partial charge in [0.05, 0.1) is 24.6 Å². The largest absolute Gasteiger partial charge is 0.508 e. The van der Waals surface area contributed by atoms with Gasteiger partial charge in [0.25, 0.3) is 11.8 Å². The maximum absolute atomic E-state index is 14.0. The Morgan fingerprint density at radius 2 is 1.49 bits per heavy atom. The molecule has 0 radical (unpaired) electrons. The molecule has 0 spiro atoms. The van der Waals surface area contributed by atoms with Crippen molar-refractivity contribution in [2.24, 2.45) is 0 Å². The molecule has 57 heavy (non-hydrogen) atoms. The summed E-state index contributed by atoms with van der Waals surface area (Å²) in [4.78, 5) is 69.8. The zero-order chi connectivity index (χ0) is 40.1. The SMILES string of the molecule is COc1ccc2c(c1)c(CC(=O)N1CCN(C(=O)c3ccc(C(=O)O)c(-c4c5ccc(=O)cc-5oc5cc(O)ccc45)c3)CC1)c(C)n2C(=O)c1ccc(Cl)cc1. The van der Waals surface area contributed by atoms with Crippen LogP contribution in [0.15, 0.2) is 106 Å². The number of halogens is 1. The van der Waals surface area contributed by atoms with Crippen LogP contribution in [0.3, 0.4) is 0 Å². The standard InChI is InChI=1S/C44H34ClN3O9/c1-24-34(35-22-30(56-2)10-14-37(35)48(24)43(53)25-3-6-27(45)7-4-25)23-40(51)46-15-17-47(18-16-46)42(52)26-5-11-31(44(54)55)36(19-26)41-32-12-8-28(49)20-38(32)57-39-21-29(50)9-13-33(39)41/h3-14,19-22,49H,15-18,23H2,1-2H3,(H,54,55). The maximum atomic E-state index is 14.0. The fourth-order valence-electron chi connectivity index (χ4n) is 7.62. The highest BCUT2D eigenvalue weighted by molar-refractivity contribution is 6.30. The molecule has 0 atom stereocenters. The van der Waals surface area contributed by atoms with Crippen LogP contribution in [0, 0.1) is 6.92 Å². The second-order valence-electron chi connectivity index (χ2n) is 13.8. The van der Waals surface area contributed by atoms with Crippen molar-refractivity contribution < 1.29 is 38.5 Å². The molecule has 12 nitrogen and oxygen atoms in total. The number of aromatic hydroxyl groups is 1. The van der Waals surface area contributed by atoms with Gasteiger partial charge in [-0.1, -0.05) is 11.6 Å². The summed E-state index contributed by atoms with van der Waals surface area (Å²) in [6.07, 6.45) is 0.0151. The van der Waals surface area contributed by atoms with Gasteiger partial charge in [-0.05, 0) is 103 Å². The molecule has 1 aliphatic carbocycles. The number of aromatic nitrogens is 1. The number of hydrogen-bond donors (Lipinski definition) is 2. The number of nitrogens with zero attached hydrogens (tertiary/aromatic N) is 3. The minimum absolute atomic E-state index is 0.0151. The summed E-state index contributed by atoms with van der Waals surface area (Å²) in [5.41, 5.74) is 3.59. The van der Waals surface area contributed by atoms with Gasteiger partial charge in [-0.3, -0.25) is 23.7 Å². The highest BCUT2D eigenvalue weighted by Crippen LogP contribution is 2.42. The van der Waals surface area contributed by atoms with E-state index >= 15 is 0 Å². The van der Waals surface area contributed by atoms with E-state index in [2.05, 4.69) is 0 Å². The highest BCUT2D eigenvalue weighted by atomic mass is 35.5. The van der Waals surface area contributed by atoms with E-state index in [4.69, 9.17) is 20.8 Å². The van der Waals surface area contributed by atoms with Gasteiger partial charge in [0.15, 0.2) is 5.43 Å². The first-order valence-corrected chi connectivity index (χ1v) is 18.4. The molecule has 2 aliphatic heterocycles. The molecule has 5 aromatic rings. The molecule has 8 rings (SSSR count). The summed E-state index contributed by atoms with van der Waals surface area (Å²) in [7, 11) is 1.55. The number of phenolic OH excluding ortho intramolecular Hbond substituents is 1. The van der Waals surface area contributed by atoms with E-state index in [-0.39, 0.29) is 89.5 Å². The molecule has 4 aromatic carbocycles. The molecule has 2 N–H and O–H groups in total. The van der Waals surface area contributed by atoms with Crippen LogP contribution in [0.25, 0.3) is 44.3 Å². The molecule has 0 saturated carbocycles. The van der Waals surface area contributed by atoms with Gasteiger partial charge in [0.2, 0.25) is 5.91 Å². The maximum Gasteiger partial charge on any atom is 0.336 e. The van der Waals surface area contributed by atoms with Gasteiger partial charge in [0.1, 0.15) is 22.8 Å². The number of rotatable bonds is 7. The number of aromatic carboxylic acids is 1. The van der Waals surface area contributed by atoms with Crippen LogP contribution in [0.5, 0.6) is 11.5 Å². The van der Waals surface area contributed by atoms with Crippen molar-refractivity contribution in [3.63, 3.8) is 0 Å². The molecule has 0 unspecified atom stereocenters. The van der Waals surface area contributed by atoms with Crippen LogP contribution in [0.2, 0.25) is 5.02 Å². The van der Waals surface area contributed by atoms with E-state index in [9.17, 15) is 34.2 Å². The van der Waals surface area contributed by atoms with E-state index < -0.39 is 5.97 Å². The second-order valence-corrected chi connectivity index (χ2v) is 14.3. The zero-order valence-electron chi connectivity index (χ0n) is 30.7. The third-order valence-electron chi connectivity index (χ3n) is 10.5. The summed E-state index contributed by atoms with van der Waals surface area (Å²) in [6, 6.07) is 25.0. The molecule has 1 aromatic heterocycles. The second kappa shape index (κ2) is 14.6. The quantitative estimate of drug-likeness (QED) is 0.161. The predicted octanol–water partition coefficient (Wildman–Crippen LogP) is 7.11. The number of amides is 2. The van der Waals surface area contributed by atoms with Crippen LogP contribution < -0.4 is 10.2 Å². The lowest BCUT2D eigenvalue weighted by Crippen LogP contribution is -2.51. The molecule has 0 bridgehead atoms. The number of carbonyl (C=O) groups is 4. The topological polar surface area (TPSA) is 160 Å². The van der Waals surface area contributed by atoms with E-state index in [0.29, 0.717) is 49.6 Å². The third kappa shape index (κ3) is 6.74. The van der Waals surface area contributed by atoms with Crippen LogP contribution in [-0.2, 0) is 11.2 Å². The number of fused-ring (bicyclic) bond motifs is 3. The lowest BCUT2D eigenvalue weighted by molar-refractivity contribution is -0.131. The Balaban J connectivity index is 1.06. The van der Waals surface area contributed by atoms with E-state index in [1.54, 1.807) is 70.0 Å². The van der Waals surface area contributed by atoms with Crippen LogP contribution in [0.1, 0.15) is 42.3 Å². The predicted molar refractivity (Wildman–Crippen MR) is 214 cm³/mol. The Morgan fingerprint density at radius 3 is 2.21 bits per heavy atom. The monoisotopic (exact) mass is 783 g/mol. The Labute approximate surface area is 330 Å². The van der Waals surface area contributed by atoms with E-state index in [1.165, 1.54) is 42.5 Å². The van der Waals surface area contributed by atoms with Crippen molar-refractivity contribution in [3.8, 4) is 33.9 Å². The van der Waals surface area contributed by atoms with Crippen LogP contribution in [0.4, 0.5) is 0 Å². The lowest BCUT2D eigenvalue weighted by Gasteiger charge is -2.35. The van der Waals surface area contributed by atoms with Gasteiger partial charge in [-0.15, -0.1) is 0 Å². The normalized spacial score (nSPS) is 13.0. The molecule has 286 valence electrons. The summed E-state index contributed by atoms with van der Waals surface area (Å²) >= 11 is 6.07. The number of methoxy groups -OCH3 is 1. The summed E-state index contributed by atoms with van der Waals surface area (Å²) in [5, 5.41) is 22.1. The Morgan fingerprint density at radius 1 is 0.772 bits per heavy atom. The van der Waals surface area contributed by atoms with Gasteiger partial charge < -0.3 is 29.2 Å². The average Bonchev–Trinajstić information content (AvgIpc) is 3.48. The third-order valence-corrected chi connectivity index (χ3v) is 10.8. The van der Waals surface area contributed by atoms with E-state index in [0.717, 1.165) is 5.39 Å². The number of benzene rings is 5. The van der Waals surface area contributed by atoms with Gasteiger partial charge in [-0.2, -0.15) is 0 Å². The fourth-order valence-corrected chi connectivity index (χ4v) is 7.75. The Hall–Kier alpha value is -6.92. The first-order valence-electron chi connectivity index (χ1n) is 18.0. The number of carbonyl (C=O) groups excluding carboxylic acids is 3. The lowest BCUT2D eigenvalue weighted by atomic mass is 9.89. The first kappa shape index (κ1) is 37.0. The molecule has 3 heterocycles. The van der Waals surface area contributed by atoms with Crippen molar-refractivity contribution in [2.75, 3.05) is 33.3 Å². The minimum Gasteiger partial charge on any atom is -0.508 e. The van der Waals surface area contributed by atoms with Crippen molar-refractivity contribution in [2.45, 2.75) is 13.3 Å². The highest BCUT2D eigenvalue weighted by Gasteiger charge is 2.29. The zero-order valence-corrected chi connectivity index (χ0v) is 31.5.